The molecule has 114 valence electrons. The molecular weight excluding hydrogens is 305 g/mol. The molecule has 0 saturated heterocycles. The highest BCUT2D eigenvalue weighted by Crippen LogP contribution is 2.22. The van der Waals surface area contributed by atoms with E-state index in [0.29, 0.717) is 17.9 Å². The number of halogens is 2. The summed E-state index contributed by atoms with van der Waals surface area (Å²) in [4.78, 5) is 12.0. The van der Waals surface area contributed by atoms with Crippen molar-refractivity contribution in [3.63, 3.8) is 0 Å². The third-order valence-corrected chi connectivity index (χ3v) is 3.17. The molecule has 0 aromatic heterocycles. The summed E-state index contributed by atoms with van der Waals surface area (Å²) in [5, 5.41) is 3.10. The molecule has 2 rings (SSSR count). The number of anilines is 1. The van der Waals surface area contributed by atoms with Gasteiger partial charge in [-0.3, -0.25) is 4.79 Å². The molecule has 0 bridgehead atoms. The molecule has 0 saturated carbocycles. The van der Waals surface area contributed by atoms with Gasteiger partial charge in [-0.15, -0.1) is 0 Å². The lowest BCUT2D eigenvalue weighted by Crippen LogP contribution is -1.97. The summed E-state index contributed by atoms with van der Waals surface area (Å²) in [5.41, 5.74) is 1.07. The molecule has 0 atom stereocenters. The highest BCUT2D eigenvalue weighted by atomic mass is 35.5. The topological polar surface area (TPSA) is 38.3 Å². The van der Waals surface area contributed by atoms with Gasteiger partial charge in [-0.2, -0.15) is 0 Å². The first-order valence-corrected chi connectivity index (χ1v) is 7.13. The van der Waals surface area contributed by atoms with Gasteiger partial charge in [-0.25, -0.2) is 4.39 Å². The molecule has 0 fully saturated rings. The second kappa shape index (κ2) is 7.61. The van der Waals surface area contributed by atoms with E-state index in [2.05, 4.69) is 5.32 Å². The third-order valence-electron chi connectivity index (χ3n) is 2.85. The molecule has 3 nitrogen and oxygen atoms in total. The van der Waals surface area contributed by atoms with E-state index in [1.165, 1.54) is 30.5 Å². The second-order valence-corrected chi connectivity index (χ2v) is 4.83. The number of allylic oxidation sites excluding steroid dienone is 1. The Morgan fingerprint density at radius 3 is 2.64 bits per heavy atom. The summed E-state index contributed by atoms with van der Waals surface area (Å²) < 4.78 is 18.2. The van der Waals surface area contributed by atoms with Gasteiger partial charge in [-0.1, -0.05) is 11.6 Å². The first-order valence-electron chi connectivity index (χ1n) is 6.75. The van der Waals surface area contributed by atoms with Crippen molar-refractivity contribution in [3.05, 3.63) is 71.1 Å². The van der Waals surface area contributed by atoms with E-state index in [1.54, 1.807) is 24.3 Å². The van der Waals surface area contributed by atoms with Crippen molar-refractivity contribution in [1.29, 1.82) is 0 Å². The van der Waals surface area contributed by atoms with Crippen LogP contribution in [-0.2, 0) is 0 Å². The van der Waals surface area contributed by atoms with Gasteiger partial charge in [0.25, 0.3) is 0 Å². The number of carbonyl (C=O) groups is 1. The molecule has 1 N–H and O–H groups in total. The van der Waals surface area contributed by atoms with Crippen LogP contribution in [0.15, 0.2) is 54.7 Å². The van der Waals surface area contributed by atoms with Crippen LogP contribution in [0.2, 0.25) is 5.02 Å². The van der Waals surface area contributed by atoms with Gasteiger partial charge in [-0.05, 0) is 49.4 Å². The summed E-state index contributed by atoms with van der Waals surface area (Å²) >= 11 is 5.87. The van der Waals surface area contributed by atoms with Crippen molar-refractivity contribution in [2.45, 2.75) is 6.92 Å². The Labute approximate surface area is 133 Å². The summed E-state index contributed by atoms with van der Waals surface area (Å²) in [6.45, 7) is 2.48. The zero-order valence-electron chi connectivity index (χ0n) is 12.0. The fourth-order valence-electron chi connectivity index (χ4n) is 1.79. The molecular formula is C17H15ClFNO2. The van der Waals surface area contributed by atoms with Crippen LogP contribution in [0.5, 0.6) is 5.75 Å². The van der Waals surface area contributed by atoms with Crippen LogP contribution >= 0.6 is 11.6 Å². The van der Waals surface area contributed by atoms with Crippen molar-refractivity contribution in [1.82, 2.24) is 0 Å². The third kappa shape index (κ3) is 4.33. The Morgan fingerprint density at radius 1 is 1.27 bits per heavy atom. The minimum atomic E-state index is -0.412. The van der Waals surface area contributed by atoms with Crippen molar-refractivity contribution in [2.24, 2.45) is 0 Å². The van der Waals surface area contributed by atoms with E-state index in [4.69, 9.17) is 16.3 Å². The SMILES string of the molecule is CCOc1ccc(C(=O)C=CNc2ccc(F)cc2Cl)cc1. The predicted octanol–water partition coefficient (Wildman–Crippen LogP) is 4.69. The number of ketones is 1. The normalized spacial score (nSPS) is 10.7. The van der Waals surface area contributed by atoms with Gasteiger partial charge in [0, 0.05) is 17.8 Å². The first-order chi connectivity index (χ1) is 10.6. The number of nitrogens with one attached hydrogen (secondary N) is 1. The molecule has 2 aromatic rings. The number of rotatable bonds is 6. The minimum Gasteiger partial charge on any atom is -0.494 e. The molecule has 2 aromatic carbocycles. The summed E-state index contributed by atoms with van der Waals surface area (Å²) in [6.07, 6.45) is 2.85. The van der Waals surface area contributed by atoms with Gasteiger partial charge >= 0.3 is 0 Å². The van der Waals surface area contributed by atoms with Gasteiger partial charge in [0.05, 0.1) is 17.3 Å². The Bertz CT molecular complexity index is 684. The van der Waals surface area contributed by atoms with Crippen molar-refractivity contribution in [3.8, 4) is 5.75 Å². The minimum absolute atomic E-state index is 0.159. The van der Waals surface area contributed by atoms with E-state index in [1.807, 2.05) is 6.92 Å². The molecule has 5 heteroatoms. The fourth-order valence-corrected chi connectivity index (χ4v) is 2.01. The fraction of sp³-hybridized carbons (Fsp3) is 0.118. The summed E-state index contributed by atoms with van der Waals surface area (Å²) in [5.74, 6) is 0.151. The molecule has 22 heavy (non-hydrogen) atoms. The number of benzene rings is 2. The van der Waals surface area contributed by atoms with E-state index < -0.39 is 5.82 Å². The Balaban J connectivity index is 1.98. The van der Waals surface area contributed by atoms with E-state index in [0.717, 1.165) is 5.75 Å². The maximum absolute atomic E-state index is 12.9. The molecule has 0 spiro atoms. The number of ether oxygens (including phenoxy) is 1. The molecule has 0 heterocycles. The van der Waals surface area contributed by atoms with E-state index >= 15 is 0 Å². The van der Waals surface area contributed by atoms with Crippen LogP contribution in [-0.4, -0.2) is 12.4 Å². The van der Waals surface area contributed by atoms with Crippen LogP contribution in [0.25, 0.3) is 0 Å². The van der Waals surface area contributed by atoms with Crippen LogP contribution in [0.3, 0.4) is 0 Å². The highest BCUT2D eigenvalue weighted by Gasteiger charge is 2.03. The van der Waals surface area contributed by atoms with Gasteiger partial charge in [0.2, 0.25) is 0 Å². The predicted molar refractivity (Wildman–Crippen MR) is 86.1 cm³/mol. The average molecular weight is 320 g/mol. The first kappa shape index (κ1) is 16.0. The maximum Gasteiger partial charge on any atom is 0.187 e. The van der Waals surface area contributed by atoms with Crippen LogP contribution in [0.4, 0.5) is 10.1 Å². The summed E-state index contributed by atoms with van der Waals surface area (Å²) in [6, 6.07) is 10.9. The average Bonchev–Trinajstić information content (AvgIpc) is 2.50. The highest BCUT2D eigenvalue weighted by molar-refractivity contribution is 6.33. The molecule has 0 aliphatic heterocycles. The Morgan fingerprint density at radius 2 is 2.00 bits per heavy atom. The Hall–Kier alpha value is -2.33. The molecule has 0 amide bonds. The molecule has 0 unspecified atom stereocenters. The van der Waals surface area contributed by atoms with Gasteiger partial charge < -0.3 is 10.1 Å². The maximum atomic E-state index is 12.9. The van der Waals surface area contributed by atoms with Crippen LogP contribution in [0.1, 0.15) is 17.3 Å². The number of carbonyl (C=O) groups excluding carboxylic acids is 1. The van der Waals surface area contributed by atoms with Gasteiger partial charge in [0.1, 0.15) is 11.6 Å². The largest absolute Gasteiger partial charge is 0.494 e. The van der Waals surface area contributed by atoms with E-state index in [9.17, 15) is 9.18 Å². The zero-order chi connectivity index (χ0) is 15.9. The lowest BCUT2D eigenvalue weighted by atomic mass is 10.1. The number of hydrogen-bond donors (Lipinski definition) is 1. The quantitative estimate of drug-likeness (QED) is 0.620. The molecule has 0 radical (unpaired) electrons. The smallest absolute Gasteiger partial charge is 0.187 e. The zero-order valence-corrected chi connectivity index (χ0v) is 12.7. The molecule has 0 aliphatic carbocycles. The second-order valence-electron chi connectivity index (χ2n) is 4.42. The Kier molecular flexibility index (Phi) is 5.55. The summed E-state index contributed by atoms with van der Waals surface area (Å²) in [7, 11) is 0. The molecule has 0 aliphatic rings. The monoisotopic (exact) mass is 319 g/mol. The van der Waals surface area contributed by atoms with Crippen LogP contribution < -0.4 is 10.1 Å². The lowest BCUT2D eigenvalue weighted by Gasteiger charge is -2.04. The van der Waals surface area contributed by atoms with E-state index in [-0.39, 0.29) is 10.8 Å². The lowest BCUT2D eigenvalue weighted by molar-refractivity contribution is 0.104. The number of hydrogen-bond acceptors (Lipinski definition) is 3. The standard InChI is InChI=1S/C17H15ClFNO2/c1-2-22-14-6-3-12(4-7-14)17(21)9-10-20-16-8-5-13(19)11-15(16)18/h3-11,20H,2H2,1H3. The van der Waals surface area contributed by atoms with Crippen molar-refractivity contribution in [2.75, 3.05) is 11.9 Å². The van der Waals surface area contributed by atoms with Crippen LogP contribution in [0, 0.1) is 5.82 Å². The van der Waals surface area contributed by atoms with Gasteiger partial charge in [0.15, 0.2) is 5.78 Å². The van der Waals surface area contributed by atoms with Crippen molar-refractivity contribution >= 4 is 23.1 Å². The van der Waals surface area contributed by atoms with Crippen molar-refractivity contribution < 1.29 is 13.9 Å².